The van der Waals surface area contributed by atoms with Gasteiger partial charge in [-0.1, -0.05) is 30.3 Å². The number of hydrogen-bond acceptors (Lipinski definition) is 6. The minimum Gasteiger partial charge on any atom is -0.366 e. The molecule has 0 atom stereocenters. The summed E-state index contributed by atoms with van der Waals surface area (Å²) in [7, 11) is -3.12. The minimum atomic E-state index is -3.12. The van der Waals surface area contributed by atoms with Crippen molar-refractivity contribution in [1.29, 1.82) is 0 Å². The van der Waals surface area contributed by atoms with Crippen LogP contribution < -0.4 is 11.1 Å². The summed E-state index contributed by atoms with van der Waals surface area (Å²) in [4.78, 5) is 28.4. The Morgan fingerprint density at radius 3 is 2.53 bits per heavy atom. The zero-order valence-electron chi connectivity index (χ0n) is 17.0. The molecular weight excluding hydrogens is 430 g/mol. The lowest BCUT2D eigenvalue weighted by molar-refractivity contribution is 0.0995. The second-order valence-corrected chi connectivity index (χ2v) is 9.44. The Labute approximate surface area is 183 Å². The molecule has 2 aromatic carbocycles. The van der Waals surface area contributed by atoms with Crippen LogP contribution in [-0.4, -0.2) is 41.1 Å². The van der Waals surface area contributed by atoms with Crippen LogP contribution in [0.3, 0.4) is 0 Å². The van der Waals surface area contributed by atoms with E-state index in [-0.39, 0.29) is 17.0 Å². The van der Waals surface area contributed by atoms with Gasteiger partial charge in [-0.3, -0.25) is 9.59 Å². The van der Waals surface area contributed by atoms with Crippen molar-refractivity contribution in [3.63, 3.8) is 0 Å². The van der Waals surface area contributed by atoms with Gasteiger partial charge in [-0.05, 0) is 29.8 Å². The monoisotopic (exact) mass is 449 g/mol. The minimum absolute atomic E-state index is 0.0381. The number of carbonyl (C=O) groups excluding carboxylic acids is 2. The van der Waals surface area contributed by atoms with Gasteiger partial charge in [-0.15, -0.1) is 0 Å². The van der Waals surface area contributed by atoms with Crippen LogP contribution in [0, 0.1) is 0 Å². The smallest absolute Gasteiger partial charge is 0.276 e. The SMILES string of the molecule is CS(=O)(=O)Cc1ccc(-c2cc3c(C(=O)Nc4cccc(C(N)=O)c4)nccn3n2)cc1. The average Bonchev–Trinajstić information content (AvgIpc) is 3.17. The van der Waals surface area contributed by atoms with E-state index in [0.717, 1.165) is 5.56 Å². The fraction of sp³-hybridized carbons (Fsp3) is 0.0909. The van der Waals surface area contributed by atoms with Gasteiger partial charge in [-0.25, -0.2) is 17.9 Å². The summed E-state index contributed by atoms with van der Waals surface area (Å²) in [6, 6.07) is 15.1. The molecule has 3 N–H and O–H groups in total. The maximum absolute atomic E-state index is 12.8. The second kappa shape index (κ2) is 8.23. The molecular formula is C22H19N5O4S. The molecule has 9 nitrogen and oxygen atoms in total. The molecule has 0 saturated heterocycles. The van der Waals surface area contributed by atoms with E-state index in [9.17, 15) is 18.0 Å². The molecule has 2 amide bonds. The Kier molecular flexibility index (Phi) is 5.45. The lowest BCUT2D eigenvalue weighted by Gasteiger charge is -2.06. The highest BCUT2D eigenvalue weighted by Crippen LogP contribution is 2.23. The highest BCUT2D eigenvalue weighted by atomic mass is 32.2. The van der Waals surface area contributed by atoms with Crippen molar-refractivity contribution in [1.82, 2.24) is 14.6 Å². The van der Waals surface area contributed by atoms with Crippen LogP contribution in [-0.2, 0) is 15.6 Å². The molecule has 10 heteroatoms. The third-order valence-electron chi connectivity index (χ3n) is 4.69. The molecule has 0 unspecified atom stereocenters. The third-order valence-corrected chi connectivity index (χ3v) is 5.55. The Balaban J connectivity index is 1.63. The van der Waals surface area contributed by atoms with Gasteiger partial charge in [-0.2, -0.15) is 5.10 Å². The lowest BCUT2D eigenvalue weighted by atomic mass is 10.1. The summed E-state index contributed by atoms with van der Waals surface area (Å²) in [5, 5.41) is 7.21. The van der Waals surface area contributed by atoms with Gasteiger partial charge < -0.3 is 11.1 Å². The standard InChI is InChI=1S/C22H19N5O4S/c1-32(30,31)13-14-5-7-15(8-6-14)18-12-19-20(24-9-10-27(19)26-18)22(29)25-17-4-2-3-16(11-17)21(23)28/h2-12H,13H2,1H3,(H2,23,28)(H,25,29). The van der Waals surface area contributed by atoms with Crippen molar-refractivity contribution >= 4 is 32.9 Å². The van der Waals surface area contributed by atoms with Crippen LogP contribution >= 0.6 is 0 Å². The van der Waals surface area contributed by atoms with Crippen molar-refractivity contribution in [3.05, 3.63) is 83.8 Å². The van der Waals surface area contributed by atoms with Crippen LogP contribution in [0.2, 0.25) is 0 Å². The Hall–Kier alpha value is -4.05. The highest BCUT2D eigenvalue weighted by Gasteiger charge is 2.16. The molecule has 0 spiro atoms. The number of anilines is 1. The van der Waals surface area contributed by atoms with Crippen LogP contribution in [0.1, 0.15) is 26.4 Å². The second-order valence-electron chi connectivity index (χ2n) is 7.30. The maximum Gasteiger partial charge on any atom is 0.276 e. The van der Waals surface area contributed by atoms with Gasteiger partial charge >= 0.3 is 0 Å². The quantitative estimate of drug-likeness (QED) is 0.463. The Bertz CT molecular complexity index is 1440. The number of rotatable bonds is 6. The van der Waals surface area contributed by atoms with Gasteiger partial charge in [0.05, 0.1) is 17.0 Å². The molecule has 0 aliphatic rings. The van der Waals surface area contributed by atoms with Gasteiger partial charge in [0.25, 0.3) is 5.91 Å². The van der Waals surface area contributed by atoms with Crippen molar-refractivity contribution < 1.29 is 18.0 Å². The van der Waals surface area contributed by atoms with Crippen LogP contribution in [0.25, 0.3) is 16.8 Å². The molecule has 4 aromatic rings. The summed E-state index contributed by atoms with van der Waals surface area (Å²) in [5.74, 6) is -1.10. The number of fused-ring (bicyclic) bond motifs is 1. The third kappa shape index (κ3) is 4.65. The van der Waals surface area contributed by atoms with Gasteiger partial charge in [0, 0.05) is 35.5 Å². The molecule has 32 heavy (non-hydrogen) atoms. The van der Waals surface area contributed by atoms with Crippen LogP contribution in [0.5, 0.6) is 0 Å². The highest BCUT2D eigenvalue weighted by molar-refractivity contribution is 7.89. The van der Waals surface area contributed by atoms with Gasteiger partial charge in [0.15, 0.2) is 15.5 Å². The summed E-state index contributed by atoms with van der Waals surface area (Å²) >= 11 is 0. The number of amides is 2. The van der Waals surface area contributed by atoms with Gasteiger partial charge in [0.2, 0.25) is 5.91 Å². The molecule has 0 aliphatic heterocycles. The van der Waals surface area contributed by atoms with Crippen LogP contribution in [0.15, 0.2) is 67.0 Å². The first-order chi connectivity index (χ1) is 15.2. The first-order valence-corrected chi connectivity index (χ1v) is 11.6. The lowest BCUT2D eigenvalue weighted by Crippen LogP contribution is -2.16. The Morgan fingerprint density at radius 1 is 1.09 bits per heavy atom. The average molecular weight is 449 g/mol. The summed E-state index contributed by atoms with van der Waals surface area (Å²) in [6.45, 7) is 0. The molecule has 0 aliphatic carbocycles. The predicted molar refractivity (Wildman–Crippen MR) is 120 cm³/mol. The van der Waals surface area contributed by atoms with E-state index in [0.29, 0.717) is 22.5 Å². The van der Waals surface area contributed by atoms with Gasteiger partial charge in [0.1, 0.15) is 0 Å². The first-order valence-electron chi connectivity index (χ1n) is 9.52. The van der Waals surface area contributed by atoms with E-state index in [1.165, 1.54) is 18.5 Å². The number of aromatic nitrogens is 3. The number of sulfone groups is 1. The fourth-order valence-electron chi connectivity index (χ4n) is 3.25. The summed E-state index contributed by atoms with van der Waals surface area (Å²) in [5.41, 5.74) is 8.69. The number of nitrogens with zero attached hydrogens (tertiary/aromatic N) is 3. The fourth-order valence-corrected chi connectivity index (χ4v) is 4.05. The summed E-state index contributed by atoms with van der Waals surface area (Å²) in [6.07, 6.45) is 4.28. The van der Waals surface area contributed by atoms with E-state index >= 15 is 0 Å². The predicted octanol–water partition coefficient (Wildman–Crippen LogP) is 2.29. The van der Waals surface area contributed by atoms with E-state index < -0.39 is 21.7 Å². The Morgan fingerprint density at radius 2 is 1.84 bits per heavy atom. The number of nitrogens with two attached hydrogens (primary N) is 1. The number of nitrogens with one attached hydrogen (secondary N) is 1. The molecule has 0 saturated carbocycles. The molecule has 2 heterocycles. The van der Waals surface area contributed by atoms with E-state index in [1.807, 2.05) is 0 Å². The first kappa shape index (κ1) is 21.2. The van der Waals surface area contributed by atoms with E-state index in [4.69, 9.17) is 5.73 Å². The number of carbonyl (C=O) groups is 2. The van der Waals surface area contributed by atoms with Crippen molar-refractivity contribution in [2.45, 2.75) is 5.75 Å². The number of benzene rings is 2. The van der Waals surface area contributed by atoms with Crippen molar-refractivity contribution in [2.24, 2.45) is 5.73 Å². The molecule has 0 fully saturated rings. The summed E-state index contributed by atoms with van der Waals surface area (Å²) < 4.78 is 24.5. The van der Waals surface area contributed by atoms with Crippen LogP contribution in [0.4, 0.5) is 5.69 Å². The number of primary amides is 1. The molecule has 162 valence electrons. The zero-order chi connectivity index (χ0) is 22.9. The maximum atomic E-state index is 12.8. The molecule has 0 bridgehead atoms. The van der Waals surface area contributed by atoms with E-state index in [2.05, 4.69) is 15.4 Å². The number of hydrogen-bond donors (Lipinski definition) is 2. The van der Waals surface area contributed by atoms with E-state index in [1.54, 1.807) is 59.2 Å². The molecule has 4 rings (SSSR count). The molecule has 0 radical (unpaired) electrons. The normalized spacial score (nSPS) is 11.4. The largest absolute Gasteiger partial charge is 0.366 e. The molecule has 2 aromatic heterocycles. The zero-order valence-corrected chi connectivity index (χ0v) is 17.8. The topological polar surface area (TPSA) is 137 Å². The van der Waals surface area contributed by atoms with Crippen molar-refractivity contribution in [3.8, 4) is 11.3 Å². The van der Waals surface area contributed by atoms with Crippen molar-refractivity contribution in [2.75, 3.05) is 11.6 Å².